The number of esters is 1. The third-order valence-electron chi connectivity index (χ3n) is 2.86. The van der Waals surface area contributed by atoms with E-state index >= 15 is 0 Å². The molecule has 6 heteroatoms. The fourth-order valence-electron chi connectivity index (χ4n) is 1.83. The Kier molecular flexibility index (Phi) is 5.71. The summed E-state index contributed by atoms with van der Waals surface area (Å²) in [5.41, 5.74) is 2.19. The molecule has 0 aliphatic rings. The summed E-state index contributed by atoms with van der Waals surface area (Å²) >= 11 is 1.52. The van der Waals surface area contributed by atoms with Gasteiger partial charge in [-0.15, -0.1) is 11.3 Å². The average Bonchev–Trinajstić information content (AvgIpc) is 2.95. The first-order chi connectivity index (χ1) is 10.2. The Morgan fingerprint density at radius 1 is 1.38 bits per heavy atom. The van der Waals surface area contributed by atoms with Crippen molar-refractivity contribution in [1.29, 1.82) is 0 Å². The maximum Gasteiger partial charge on any atom is 0.339 e. The summed E-state index contributed by atoms with van der Waals surface area (Å²) < 4.78 is 4.78. The quantitative estimate of drug-likeness (QED) is 0.607. The molecule has 0 amide bonds. The van der Waals surface area contributed by atoms with E-state index in [0.29, 0.717) is 11.3 Å². The van der Waals surface area contributed by atoms with Gasteiger partial charge in [-0.05, 0) is 25.1 Å². The van der Waals surface area contributed by atoms with Crippen molar-refractivity contribution in [1.82, 2.24) is 10.3 Å². The maximum atomic E-state index is 11.7. The van der Waals surface area contributed by atoms with E-state index in [4.69, 9.17) is 4.74 Å². The van der Waals surface area contributed by atoms with Crippen LogP contribution in [-0.4, -0.2) is 24.6 Å². The highest BCUT2D eigenvalue weighted by atomic mass is 32.1. The van der Waals surface area contributed by atoms with Crippen LogP contribution in [0.5, 0.6) is 0 Å². The summed E-state index contributed by atoms with van der Waals surface area (Å²) in [7, 11) is 1.38. The molecule has 0 saturated carbocycles. The summed E-state index contributed by atoms with van der Waals surface area (Å²) in [5, 5.41) is 9.26. The standard InChI is InChI=1S/C15H19N3O2S/c1-3-8-16-9-11-10-21-15(17-11)18-13-7-5-4-6-12(13)14(19)20-2/h4-7,10,16H,3,8-9H2,1-2H3,(H,17,18). The summed E-state index contributed by atoms with van der Waals surface area (Å²) in [6.45, 7) is 3.86. The molecule has 2 aromatic rings. The number of carbonyl (C=O) groups excluding carboxylic acids is 1. The van der Waals surface area contributed by atoms with Gasteiger partial charge in [-0.3, -0.25) is 0 Å². The smallest absolute Gasteiger partial charge is 0.339 e. The Balaban J connectivity index is 2.07. The largest absolute Gasteiger partial charge is 0.465 e. The van der Waals surface area contributed by atoms with Crippen LogP contribution >= 0.6 is 11.3 Å². The highest BCUT2D eigenvalue weighted by Crippen LogP contribution is 2.24. The molecule has 5 nitrogen and oxygen atoms in total. The van der Waals surface area contributed by atoms with Crippen molar-refractivity contribution < 1.29 is 9.53 Å². The summed E-state index contributed by atoms with van der Waals surface area (Å²) in [4.78, 5) is 16.2. The highest BCUT2D eigenvalue weighted by Gasteiger charge is 2.12. The SMILES string of the molecule is CCCNCc1csc(Nc2ccccc2C(=O)OC)n1. The molecule has 2 rings (SSSR count). The zero-order chi connectivity index (χ0) is 15.1. The van der Waals surface area contributed by atoms with Crippen LogP contribution in [-0.2, 0) is 11.3 Å². The number of rotatable bonds is 7. The molecule has 0 bridgehead atoms. The number of hydrogen-bond acceptors (Lipinski definition) is 6. The van der Waals surface area contributed by atoms with Gasteiger partial charge in [0.25, 0.3) is 0 Å². The van der Waals surface area contributed by atoms with E-state index < -0.39 is 0 Å². The molecular formula is C15H19N3O2S. The summed E-state index contributed by atoms with van der Waals surface area (Å²) in [5.74, 6) is -0.362. The van der Waals surface area contributed by atoms with E-state index in [9.17, 15) is 4.79 Å². The predicted molar refractivity (Wildman–Crippen MR) is 85.2 cm³/mol. The fourth-order valence-corrected chi connectivity index (χ4v) is 2.56. The lowest BCUT2D eigenvalue weighted by atomic mass is 10.2. The molecule has 0 aliphatic heterocycles. The molecule has 0 aliphatic carbocycles. The van der Waals surface area contributed by atoms with Gasteiger partial charge in [-0.25, -0.2) is 9.78 Å². The maximum absolute atomic E-state index is 11.7. The van der Waals surface area contributed by atoms with Crippen LogP contribution in [0.25, 0.3) is 0 Å². The number of nitrogens with zero attached hydrogens (tertiary/aromatic N) is 1. The lowest BCUT2D eigenvalue weighted by molar-refractivity contribution is 0.0602. The van der Waals surface area contributed by atoms with Gasteiger partial charge in [0.2, 0.25) is 0 Å². The minimum atomic E-state index is -0.362. The van der Waals surface area contributed by atoms with Crippen LogP contribution in [0.3, 0.4) is 0 Å². The van der Waals surface area contributed by atoms with Gasteiger partial charge in [-0.1, -0.05) is 19.1 Å². The Bertz CT molecular complexity index is 598. The predicted octanol–water partition coefficient (Wildman–Crippen LogP) is 3.17. The van der Waals surface area contributed by atoms with Crippen molar-refractivity contribution in [2.75, 3.05) is 19.0 Å². The first-order valence-corrected chi connectivity index (χ1v) is 7.72. The minimum absolute atomic E-state index is 0.362. The van der Waals surface area contributed by atoms with Crippen molar-refractivity contribution >= 4 is 28.1 Å². The van der Waals surface area contributed by atoms with Crippen LogP contribution in [0, 0.1) is 0 Å². The molecule has 1 aromatic carbocycles. The molecule has 1 heterocycles. The van der Waals surface area contributed by atoms with Gasteiger partial charge in [0.1, 0.15) is 0 Å². The monoisotopic (exact) mass is 305 g/mol. The van der Waals surface area contributed by atoms with Gasteiger partial charge in [0.05, 0.1) is 24.1 Å². The second kappa shape index (κ2) is 7.75. The van der Waals surface area contributed by atoms with Crippen molar-refractivity contribution in [2.24, 2.45) is 0 Å². The highest BCUT2D eigenvalue weighted by molar-refractivity contribution is 7.13. The first-order valence-electron chi connectivity index (χ1n) is 6.84. The molecule has 0 saturated heterocycles. The minimum Gasteiger partial charge on any atom is -0.465 e. The molecule has 0 radical (unpaired) electrons. The van der Waals surface area contributed by atoms with Gasteiger partial charge < -0.3 is 15.4 Å². The Labute approximate surface area is 128 Å². The molecule has 112 valence electrons. The van der Waals surface area contributed by atoms with Crippen molar-refractivity contribution in [3.05, 3.63) is 40.9 Å². The number of para-hydroxylation sites is 1. The van der Waals surface area contributed by atoms with E-state index in [1.807, 2.05) is 17.5 Å². The second-order valence-corrected chi connectivity index (χ2v) is 5.34. The number of ether oxygens (including phenoxy) is 1. The molecule has 0 atom stereocenters. The molecule has 0 spiro atoms. The van der Waals surface area contributed by atoms with Crippen LogP contribution in [0.15, 0.2) is 29.6 Å². The number of nitrogens with one attached hydrogen (secondary N) is 2. The number of methoxy groups -OCH3 is 1. The molecule has 0 unspecified atom stereocenters. The first kappa shape index (κ1) is 15.5. The van der Waals surface area contributed by atoms with Crippen molar-refractivity contribution in [3.8, 4) is 0 Å². The summed E-state index contributed by atoms with van der Waals surface area (Å²) in [6.07, 6.45) is 1.10. The fraction of sp³-hybridized carbons (Fsp3) is 0.333. The van der Waals surface area contributed by atoms with Gasteiger partial charge in [-0.2, -0.15) is 0 Å². The number of thiazole rings is 1. The van der Waals surface area contributed by atoms with E-state index in [0.717, 1.165) is 30.3 Å². The van der Waals surface area contributed by atoms with Crippen LogP contribution in [0.4, 0.5) is 10.8 Å². The molecule has 21 heavy (non-hydrogen) atoms. The number of benzene rings is 1. The van der Waals surface area contributed by atoms with Crippen LogP contribution in [0.2, 0.25) is 0 Å². The lowest BCUT2D eigenvalue weighted by Crippen LogP contribution is -2.13. The Morgan fingerprint density at radius 2 is 2.19 bits per heavy atom. The Morgan fingerprint density at radius 3 is 2.95 bits per heavy atom. The molecule has 2 N–H and O–H groups in total. The van der Waals surface area contributed by atoms with E-state index in [-0.39, 0.29) is 5.97 Å². The number of carbonyl (C=O) groups is 1. The van der Waals surface area contributed by atoms with E-state index in [2.05, 4.69) is 22.5 Å². The van der Waals surface area contributed by atoms with Gasteiger partial charge >= 0.3 is 5.97 Å². The number of aromatic nitrogens is 1. The second-order valence-electron chi connectivity index (χ2n) is 4.48. The third kappa shape index (κ3) is 4.27. The van der Waals surface area contributed by atoms with Crippen molar-refractivity contribution in [3.63, 3.8) is 0 Å². The zero-order valence-corrected chi connectivity index (χ0v) is 13.0. The molecule has 1 aromatic heterocycles. The molecular weight excluding hydrogens is 286 g/mol. The number of anilines is 2. The van der Waals surface area contributed by atoms with E-state index in [1.54, 1.807) is 12.1 Å². The number of hydrogen-bond donors (Lipinski definition) is 2. The topological polar surface area (TPSA) is 63.2 Å². The van der Waals surface area contributed by atoms with E-state index in [1.165, 1.54) is 18.4 Å². The Hall–Kier alpha value is -1.92. The average molecular weight is 305 g/mol. The van der Waals surface area contributed by atoms with Crippen LogP contribution < -0.4 is 10.6 Å². The van der Waals surface area contributed by atoms with Gasteiger partial charge in [0.15, 0.2) is 5.13 Å². The van der Waals surface area contributed by atoms with Crippen molar-refractivity contribution in [2.45, 2.75) is 19.9 Å². The zero-order valence-electron chi connectivity index (χ0n) is 12.2. The summed E-state index contributed by atoms with van der Waals surface area (Å²) in [6, 6.07) is 7.24. The lowest BCUT2D eigenvalue weighted by Gasteiger charge is -2.07. The van der Waals surface area contributed by atoms with Gasteiger partial charge in [0, 0.05) is 11.9 Å². The third-order valence-corrected chi connectivity index (χ3v) is 3.67. The molecule has 0 fully saturated rings. The van der Waals surface area contributed by atoms with Crippen LogP contribution in [0.1, 0.15) is 29.4 Å². The normalized spacial score (nSPS) is 10.4.